The van der Waals surface area contributed by atoms with Crippen LogP contribution in [0.5, 0.6) is 11.8 Å². The number of methoxy groups -OCH3 is 1. The van der Waals surface area contributed by atoms with E-state index in [9.17, 15) is 14.4 Å². The van der Waals surface area contributed by atoms with E-state index >= 15 is 0 Å². The van der Waals surface area contributed by atoms with Gasteiger partial charge >= 0.3 is 6.03 Å². The van der Waals surface area contributed by atoms with Crippen LogP contribution in [0.15, 0.2) is 54.7 Å². The number of benzene rings is 2. The number of rotatable bonds is 13. The highest BCUT2D eigenvalue weighted by atomic mass is 35.5. The van der Waals surface area contributed by atoms with Crippen molar-refractivity contribution in [2.75, 3.05) is 58.3 Å². The number of amides is 4. The van der Waals surface area contributed by atoms with Gasteiger partial charge in [-0.2, -0.15) is 4.98 Å². The number of likely N-dealkylation sites (N-methyl/N-ethyl adjacent to an activating group) is 1. The van der Waals surface area contributed by atoms with Crippen LogP contribution in [0.1, 0.15) is 24.1 Å². The van der Waals surface area contributed by atoms with E-state index in [1.165, 1.54) is 4.90 Å². The SMILES string of the molecule is COc1nc2c(OCc3c(Cl)ccc(N(C)C(=O)CNC(=O)CCCN4CCN(C(N)=O)CC4)c3Cl)cccc2n1Cc1ccccn1. The number of ether oxygens (including phenoxy) is 2. The van der Waals surface area contributed by atoms with Crippen molar-refractivity contribution in [3.05, 3.63) is 76.0 Å². The van der Waals surface area contributed by atoms with Gasteiger partial charge in [0.1, 0.15) is 17.9 Å². The molecule has 0 spiro atoms. The summed E-state index contributed by atoms with van der Waals surface area (Å²) in [6, 6.07) is 14.6. The van der Waals surface area contributed by atoms with Crippen LogP contribution in [-0.2, 0) is 22.7 Å². The van der Waals surface area contributed by atoms with Gasteiger partial charge in [-0.1, -0.05) is 35.3 Å². The number of piperazine rings is 1. The van der Waals surface area contributed by atoms with Gasteiger partial charge in [0.15, 0.2) is 0 Å². The van der Waals surface area contributed by atoms with Gasteiger partial charge in [0, 0.05) is 56.4 Å². The average molecular weight is 698 g/mol. The monoisotopic (exact) mass is 696 g/mol. The predicted molar refractivity (Wildman–Crippen MR) is 184 cm³/mol. The molecule has 2 aromatic carbocycles. The summed E-state index contributed by atoms with van der Waals surface area (Å²) in [4.78, 5) is 51.0. The van der Waals surface area contributed by atoms with Crippen molar-refractivity contribution in [1.29, 1.82) is 0 Å². The minimum atomic E-state index is -0.412. The highest BCUT2D eigenvalue weighted by Crippen LogP contribution is 2.36. The van der Waals surface area contributed by atoms with E-state index in [-0.39, 0.29) is 36.4 Å². The van der Waals surface area contributed by atoms with Crippen LogP contribution < -0.4 is 25.4 Å². The molecule has 0 atom stereocenters. The Bertz CT molecular complexity index is 1760. The molecule has 0 saturated carbocycles. The van der Waals surface area contributed by atoms with Gasteiger partial charge in [-0.15, -0.1) is 0 Å². The van der Waals surface area contributed by atoms with E-state index in [1.54, 1.807) is 43.5 Å². The Morgan fingerprint density at radius 1 is 1.04 bits per heavy atom. The number of halogens is 2. The first-order valence-corrected chi connectivity index (χ1v) is 16.2. The number of hydrogen-bond acceptors (Lipinski definition) is 8. The van der Waals surface area contributed by atoms with E-state index in [0.29, 0.717) is 79.2 Å². The number of hydrogen-bond donors (Lipinski definition) is 2. The second-order valence-corrected chi connectivity index (χ2v) is 12.1. The van der Waals surface area contributed by atoms with Crippen LogP contribution in [0.3, 0.4) is 0 Å². The van der Waals surface area contributed by atoms with Crippen molar-refractivity contribution in [3.8, 4) is 11.8 Å². The lowest BCUT2D eigenvalue weighted by molar-refractivity contribution is -0.125. The van der Waals surface area contributed by atoms with Crippen LogP contribution in [0, 0.1) is 0 Å². The Labute approximate surface area is 288 Å². The summed E-state index contributed by atoms with van der Waals surface area (Å²) >= 11 is 13.3. The molecule has 0 aliphatic carbocycles. The Hall–Kier alpha value is -4.59. The molecule has 1 saturated heterocycles. The number of fused-ring (bicyclic) bond motifs is 1. The van der Waals surface area contributed by atoms with Crippen molar-refractivity contribution < 1.29 is 23.9 Å². The minimum absolute atomic E-state index is 0.0103. The third kappa shape index (κ3) is 8.27. The van der Waals surface area contributed by atoms with Crippen molar-refractivity contribution >= 4 is 57.8 Å². The molecular weight excluding hydrogens is 659 g/mol. The van der Waals surface area contributed by atoms with Crippen LogP contribution in [0.4, 0.5) is 10.5 Å². The number of urea groups is 1. The van der Waals surface area contributed by atoms with Gasteiger partial charge < -0.3 is 30.3 Å². The van der Waals surface area contributed by atoms with E-state index in [0.717, 1.165) is 11.2 Å². The molecule has 0 radical (unpaired) electrons. The zero-order valence-electron chi connectivity index (χ0n) is 26.8. The van der Waals surface area contributed by atoms with E-state index in [4.69, 9.17) is 38.4 Å². The summed E-state index contributed by atoms with van der Waals surface area (Å²) < 4.78 is 13.7. The predicted octanol–water partition coefficient (Wildman–Crippen LogP) is 3.93. The Balaban J connectivity index is 1.18. The lowest BCUT2D eigenvalue weighted by atomic mass is 10.2. The fraction of sp³-hybridized carbons (Fsp3) is 0.364. The first-order valence-electron chi connectivity index (χ1n) is 15.5. The molecule has 1 aliphatic rings. The highest BCUT2D eigenvalue weighted by Gasteiger charge is 2.22. The summed E-state index contributed by atoms with van der Waals surface area (Å²) in [5.74, 6) is -0.0717. The van der Waals surface area contributed by atoms with Crippen molar-refractivity contribution in [2.45, 2.75) is 26.0 Å². The number of aromatic nitrogens is 3. The fourth-order valence-electron chi connectivity index (χ4n) is 5.48. The number of anilines is 1. The molecule has 1 aliphatic heterocycles. The number of nitrogens with one attached hydrogen (secondary N) is 1. The molecule has 15 heteroatoms. The quantitative estimate of drug-likeness (QED) is 0.214. The second-order valence-electron chi connectivity index (χ2n) is 11.3. The standard InChI is InChI=1S/C33H38Cl2N8O5/c1-40(29(45)19-38-28(44)10-6-14-41-15-17-42(18-16-41)32(36)46)25-12-11-24(34)23(30(25)35)21-48-27-9-5-8-26-31(27)39-33(47-2)43(26)20-22-7-3-4-13-37-22/h3-5,7-9,11-13H,6,10,14-21H2,1-2H3,(H2,36,46)(H,38,44). The number of para-hydroxylation sites is 1. The maximum Gasteiger partial charge on any atom is 0.314 e. The molecule has 4 amide bonds. The molecule has 0 bridgehead atoms. The first kappa shape index (κ1) is 34.7. The summed E-state index contributed by atoms with van der Waals surface area (Å²) in [6.45, 7) is 3.57. The number of pyridine rings is 1. The first-order chi connectivity index (χ1) is 23.2. The molecule has 2 aromatic heterocycles. The topological polar surface area (TPSA) is 148 Å². The number of carbonyl (C=O) groups excluding carboxylic acids is 3. The van der Waals surface area contributed by atoms with Gasteiger partial charge in [0.2, 0.25) is 11.8 Å². The van der Waals surface area contributed by atoms with Gasteiger partial charge in [-0.25, -0.2) is 4.79 Å². The number of nitrogens with zero attached hydrogens (tertiary/aromatic N) is 6. The van der Waals surface area contributed by atoms with Gasteiger partial charge in [-0.05, 0) is 49.4 Å². The van der Waals surface area contributed by atoms with Crippen LogP contribution in [0.2, 0.25) is 10.0 Å². The van der Waals surface area contributed by atoms with Crippen molar-refractivity contribution in [2.24, 2.45) is 5.73 Å². The van der Waals surface area contributed by atoms with Crippen LogP contribution >= 0.6 is 23.2 Å². The fourth-order valence-corrected chi connectivity index (χ4v) is 6.08. The number of primary amides is 1. The molecule has 3 heterocycles. The number of nitrogens with two attached hydrogens (primary N) is 1. The maximum absolute atomic E-state index is 13.0. The zero-order valence-corrected chi connectivity index (χ0v) is 28.3. The molecule has 3 N–H and O–H groups in total. The molecule has 254 valence electrons. The Kier molecular flexibility index (Phi) is 11.6. The molecule has 48 heavy (non-hydrogen) atoms. The molecule has 0 unspecified atom stereocenters. The summed E-state index contributed by atoms with van der Waals surface area (Å²) in [5, 5.41) is 3.32. The second kappa shape index (κ2) is 16.0. The molecular formula is C33H38Cl2N8O5. The van der Waals surface area contributed by atoms with E-state index < -0.39 is 6.03 Å². The maximum atomic E-state index is 13.0. The number of imidazole rings is 1. The molecule has 5 rings (SSSR count). The molecule has 1 fully saturated rings. The normalized spacial score (nSPS) is 13.4. The Morgan fingerprint density at radius 2 is 1.83 bits per heavy atom. The van der Waals surface area contributed by atoms with Gasteiger partial charge in [-0.3, -0.25) is 24.0 Å². The smallest absolute Gasteiger partial charge is 0.314 e. The molecule has 13 nitrogen and oxygen atoms in total. The van der Waals surface area contributed by atoms with Crippen molar-refractivity contribution in [3.63, 3.8) is 0 Å². The molecule has 4 aromatic rings. The Morgan fingerprint density at radius 3 is 2.54 bits per heavy atom. The average Bonchev–Trinajstić information content (AvgIpc) is 3.45. The van der Waals surface area contributed by atoms with Crippen LogP contribution in [-0.4, -0.2) is 95.6 Å². The lowest BCUT2D eigenvalue weighted by Gasteiger charge is -2.33. The highest BCUT2D eigenvalue weighted by molar-refractivity contribution is 6.38. The summed E-state index contributed by atoms with van der Waals surface area (Å²) in [7, 11) is 3.14. The summed E-state index contributed by atoms with van der Waals surface area (Å²) in [6.07, 6.45) is 2.64. The van der Waals surface area contributed by atoms with Gasteiger partial charge in [0.05, 0.1) is 42.1 Å². The summed E-state index contributed by atoms with van der Waals surface area (Å²) in [5.41, 5.74) is 8.50. The largest absolute Gasteiger partial charge is 0.486 e. The van der Waals surface area contributed by atoms with E-state index in [2.05, 4.69) is 20.2 Å². The zero-order chi connectivity index (χ0) is 34.2. The third-order valence-corrected chi connectivity index (χ3v) is 8.98. The third-order valence-electron chi connectivity index (χ3n) is 8.21. The number of carbonyl (C=O) groups is 3. The minimum Gasteiger partial charge on any atom is -0.486 e. The van der Waals surface area contributed by atoms with Gasteiger partial charge in [0.25, 0.3) is 6.01 Å². The lowest BCUT2D eigenvalue weighted by Crippen LogP contribution is -2.50. The van der Waals surface area contributed by atoms with Crippen molar-refractivity contribution in [1.82, 2.24) is 29.7 Å². The van der Waals surface area contributed by atoms with E-state index in [1.807, 2.05) is 34.9 Å². The van der Waals surface area contributed by atoms with Crippen LogP contribution in [0.25, 0.3) is 11.0 Å².